The van der Waals surface area contributed by atoms with Gasteiger partial charge >= 0.3 is 0 Å². The highest BCUT2D eigenvalue weighted by molar-refractivity contribution is 7.92. The molecule has 6 nitrogen and oxygen atoms in total. The number of para-hydroxylation sites is 1. The van der Waals surface area contributed by atoms with Gasteiger partial charge in [0.25, 0.3) is 10.0 Å². The summed E-state index contributed by atoms with van der Waals surface area (Å²) in [5, 5.41) is 3.49. The third kappa shape index (κ3) is 5.94. The fourth-order valence-electron chi connectivity index (χ4n) is 2.88. The normalized spacial score (nSPS) is 11.1. The van der Waals surface area contributed by atoms with Crippen molar-refractivity contribution in [2.45, 2.75) is 11.8 Å². The number of ether oxygens (including phenoxy) is 1. The van der Waals surface area contributed by atoms with Gasteiger partial charge in [0.1, 0.15) is 18.9 Å². The van der Waals surface area contributed by atoms with Crippen molar-refractivity contribution >= 4 is 44.8 Å². The van der Waals surface area contributed by atoms with E-state index in [1.807, 2.05) is 13.0 Å². The van der Waals surface area contributed by atoms with Gasteiger partial charge in [0.2, 0.25) is 5.91 Å². The first-order chi connectivity index (χ1) is 15.3. The van der Waals surface area contributed by atoms with Crippen LogP contribution in [-0.4, -0.2) is 34.0 Å². The van der Waals surface area contributed by atoms with Crippen LogP contribution in [0.15, 0.2) is 77.7 Å². The summed E-state index contributed by atoms with van der Waals surface area (Å²) in [6, 6.07) is 19.7. The zero-order valence-corrected chi connectivity index (χ0v) is 19.6. The molecule has 3 aromatic carbocycles. The van der Waals surface area contributed by atoms with Crippen LogP contribution < -0.4 is 14.4 Å². The van der Waals surface area contributed by atoms with Crippen molar-refractivity contribution in [2.75, 3.05) is 24.0 Å². The van der Waals surface area contributed by atoms with Crippen LogP contribution in [0.5, 0.6) is 5.75 Å². The van der Waals surface area contributed by atoms with Crippen LogP contribution in [0.1, 0.15) is 5.56 Å². The first kappa shape index (κ1) is 23.9. The minimum Gasteiger partial charge on any atom is -0.492 e. The molecular formula is C23H22Cl2N2O4S. The van der Waals surface area contributed by atoms with Gasteiger partial charge in [-0.25, -0.2) is 8.42 Å². The lowest BCUT2D eigenvalue weighted by atomic mass is 10.2. The maximum absolute atomic E-state index is 13.2. The second kappa shape index (κ2) is 10.7. The summed E-state index contributed by atoms with van der Waals surface area (Å²) >= 11 is 12.3. The minimum absolute atomic E-state index is 0.0623. The van der Waals surface area contributed by atoms with Gasteiger partial charge in [0.05, 0.1) is 22.2 Å². The third-order valence-electron chi connectivity index (χ3n) is 4.58. The number of carbonyl (C=O) groups excluding carboxylic acids is 1. The lowest BCUT2D eigenvalue weighted by Crippen LogP contribution is -2.42. The molecule has 0 fully saturated rings. The van der Waals surface area contributed by atoms with Gasteiger partial charge in [0, 0.05) is 5.02 Å². The summed E-state index contributed by atoms with van der Waals surface area (Å²) in [5.41, 5.74) is 1.16. The van der Waals surface area contributed by atoms with Gasteiger partial charge in [0.15, 0.2) is 0 Å². The molecule has 3 rings (SSSR count). The monoisotopic (exact) mass is 492 g/mol. The summed E-state index contributed by atoms with van der Waals surface area (Å²) < 4.78 is 33.1. The van der Waals surface area contributed by atoms with Gasteiger partial charge < -0.3 is 10.1 Å². The zero-order chi connectivity index (χ0) is 23.1. The van der Waals surface area contributed by atoms with E-state index in [2.05, 4.69) is 5.32 Å². The highest BCUT2D eigenvalue weighted by atomic mass is 35.5. The van der Waals surface area contributed by atoms with E-state index in [1.165, 1.54) is 12.1 Å². The summed E-state index contributed by atoms with van der Waals surface area (Å²) in [7, 11) is -4.01. The van der Waals surface area contributed by atoms with Crippen LogP contribution in [0.3, 0.4) is 0 Å². The lowest BCUT2D eigenvalue weighted by molar-refractivity contribution is -0.119. The van der Waals surface area contributed by atoms with Crippen molar-refractivity contribution in [1.29, 1.82) is 0 Å². The molecule has 0 bridgehead atoms. The molecule has 1 amide bonds. The predicted octanol–water partition coefficient (Wildman–Crippen LogP) is 4.69. The molecule has 0 heterocycles. The standard InChI is InChI=1S/C23H22Cl2N2O4S/c1-17-11-12-18(15-21(17)25)31-14-13-26-23(28)16-27(22-10-6-5-9-20(22)24)32(29,30)19-7-3-2-4-8-19/h2-12,15H,13-14,16H2,1H3,(H,26,28). The number of anilines is 1. The van der Waals surface area contributed by atoms with Crippen molar-refractivity contribution in [2.24, 2.45) is 0 Å². The molecule has 0 radical (unpaired) electrons. The minimum atomic E-state index is -4.01. The van der Waals surface area contributed by atoms with Crippen LogP contribution in [0, 0.1) is 6.92 Å². The Balaban J connectivity index is 1.69. The SMILES string of the molecule is Cc1ccc(OCCNC(=O)CN(c2ccccc2Cl)S(=O)(=O)c2ccccc2)cc1Cl. The van der Waals surface area contributed by atoms with E-state index in [0.29, 0.717) is 10.8 Å². The predicted molar refractivity (Wildman–Crippen MR) is 127 cm³/mol. The Labute approximate surface area is 197 Å². The van der Waals surface area contributed by atoms with E-state index in [1.54, 1.807) is 54.6 Å². The van der Waals surface area contributed by atoms with Gasteiger partial charge in [-0.05, 0) is 48.9 Å². The number of rotatable bonds is 9. The van der Waals surface area contributed by atoms with E-state index in [9.17, 15) is 13.2 Å². The number of sulfonamides is 1. The van der Waals surface area contributed by atoms with Crippen LogP contribution in [0.25, 0.3) is 0 Å². The molecule has 9 heteroatoms. The maximum Gasteiger partial charge on any atom is 0.264 e. The van der Waals surface area contributed by atoms with Gasteiger partial charge in [-0.2, -0.15) is 0 Å². The molecular weight excluding hydrogens is 471 g/mol. The van der Waals surface area contributed by atoms with Crippen molar-refractivity contribution in [3.63, 3.8) is 0 Å². The molecule has 0 spiro atoms. The Bertz CT molecular complexity index is 1190. The second-order valence-electron chi connectivity index (χ2n) is 6.89. The number of nitrogens with one attached hydrogen (secondary N) is 1. The highest BCUT2D eigenvalue weighted by Gasteiger charge is 2.28. The fraction of sp³-hybridized carbons (Fsp3) is 0.174. The Morgan fingerprint density at radius 3 is 2.34 bits per heavy atom. The molecule has 3 aromatic rings. The molecule has 0 aliphatic carbocycles. The number of carbonyl (C=O) groups is 1. The molecule has 0 saturated carbocycles. The van der Waals surface area contributed by atoms with E-state index in [0.717, 1.165) is 9.87 Å². The highest BCUT2D eigenvalue weighted by Crippen LogP contribution is 2.30. The second-order valence-corrected chi connectivity index (χ2v) is 9.56. The van der Waals surface area contributed by atoms with Crippen LogP contribution in [-0.2, 0) is 14.8 Å². The van der Waals surface area contributed by atoms with E-state index >= 15 is 0 Å². The first-order valence-corrected chi connectivity index (χ1v) is 12.0. The Kier molecular flexibility index (Phi) is 8.01. The van der Waals surface area contributed by atoms with Gasteiger partial charge in [-0.1, -0.05) is 59.6 Å². The van der Waals surface area contributed by atoms with Crippen LogP contribution in [0.2, 0.25) is 10.0 Å². The quantitative estimate of drug-likeness (QED) is 0.439. The summed E-state index contributed by atoms with van der Waals surface area (Å²) in [4.78, 5) is 12.7. The maximum atomic E-state index is 13.2. The van der Waals surface area contributed by atoms with Crippen LogP contribution >= 0.6 is 23.2 Å². The van der Waals surface area contributed by atoms with Gasteiger partial charge in [-0.15, -0.1) is 0 Å². The Morgan fingerprint density at radius 2 is 1.66 bits per heavy atom. The number of nitrogens with zero attached hydrogens (tertiary/aromatic N) is 1. The third-order valence-corrected chi connectivity index (χ3v) is 7.08. The lowest BCUT2D eigenvalue weighted by Gasteiger charge is -2.25. The number of hydrogen-bond acceptors (Lipinski definition) is 4. The van der Waals surface area contributed by atoms with Crippen molar-refractivity contribution in [3.8, 4) is 5.75 Å². The van der Waals surface area contributed by atoms with Crippen molar-refractivity contribution in [1.82, 2.24) is 5.32 Å². The molecule has 0 unspecified atom stereocenters. The molecule has 0 atom stereocenters. The number of halogens is 2. The fourth-order valence-corrected chi connectivity index (χ4v) is 4.80. The molecule has 0 aromatic heterocycles. The largest absolute Gasteiger partial charge is 0.492 e. The first-order valence-electron chi connectivity index (χ1n) is 9.77. The molecule has 0 aliphatic rings. The molecule has 0 saturated heterocycles. The number of benzene rings is 3. The van der Waals surface area contributed by atoms with E-state index in [-0.39, 0.29) is 28.8 Å². The average molecular weight is 493 g/mol. The van der Waals surface area contributed by atoms with E-state index in [4.69, 9.17) is 27.9 Å². The molecule has 0 aliphatic heterocycles. The average Bonchev–Trinajstić information content (AvgIpc) is 2.78. The van der Waals surface area contributed by atoms with Gasteiger partial charge in [-0.3, -0.25) is 9.10 Å². The zero-order valence-electron chi connectivity index (χ0n) is 17.3. The number of hydrogen-bond donors (Lipinski definition) is 1. The van der Waals surface area contributed by atoms with E-state index < -0.39 is 22.5 Å². The summed E-state index contributed by atoms with van der Waals surface area (Å²) in [5.74, 6) is 0.0918. The summed E-state index contributed by atoms with van der Waals surface area (Å²) in [6.45, 7) is 1.84. The summed E-state index contributed by atoms with van der Waals surface area (Å²) in [6.07, 6.45) is 0. The Hall–Kier alpha value is -2.74. The smallest absolute Gasteiger partial charge is 0.264 e. The molecule has 32 heavy (non-hydrogen) atoms. The van der Waals surface area contributed by atoms with Crippen LogP contribution in [0.4, 0.5) is 5.69 Å². The number of amides is 1. The van der Waals surface area contributed by atoms with Crippen molar-refractivity contribution in [3.05, 3.63) is 88.4 Å². The Morgan fingerprint density at radius 1 is 0.969 bits per heavy atom. The molecule has 168 valence electrons. The molecule has 1 N–H and O–H groups in total. The topological polar surface area (TPSA) is 75.7 Å². The van der Waals surface area contributed by atoms with Crippen molar-refractivity contribution < 1.29 is 17.9 Å². The number of aryl methyl sites for hydroxylation is 1.